The maximum absolute atomic E-state index is 13.2. The topological polar surface area (TPSA) is 95.6 Å². The van der Waals surface area contributed by atoms with Crippen LogP contribution in [0.4, 0.5) is 27.7 Å². The maximum atomic E-state index is 13.2. The van der Waals surface area contributed by atoms with E-state index in [1.54, 1.807) is 6.07 Å². The van der Waals surface area contributed by atoms with Crippen molar-refractivity contribution in [1.29, 1.82) is 0 Å². The number of carbonyl (C=O) groups excluding carboxylic acids is 2. The fourth-order valence-corrected chi connectivity index (χ4v) is 4.65. The number of carbonyl (C=O) groups is 2. The van der Waals surface area contributed by atoms with Crippen molar-refractivity contribution in [3.05, 3.63) is 77.5 Å². The number of aromatic nitrogens is 1. The Bertz CT molecular complexity index is 1310. The molecule has 1 aliphatic heterocycles. The van der Waals surface area contributed by atoms with Crippen LogP contribution in [0.1, 0.15) is 62.2 Å². The lowest BCUT2D eigenvalue weighted by Gasteiger charge is -2.33. The van der Waals surface area contributed by atoms with E-state index in [-0.39, 0.29) is 5.91 Å². The molecule has 1 fully saturated rings. The zero-order valence-electron chi connectivity index (χ0n) is 24.2. The van der Waals surface area contributed by atoms with E-state index >= 15 is 0 Å². The van der Waals surface area contributed by atoms with Gasteiger partial charge >= 0.3 is 6.09 Å². The highest BCUT2D eigenvalue weighted by Crippen LogP contribution is 2.28. The van der Waals surface area contributed by atoms with Crippen LogP contribution in [0.2, 0.25) is 0 Å². The van der Waals surface area contributed by atoms with Gasteiger partial charge in [-0.25, -0.2) is 9.78 Å². The number of hydrogen-bond acceptors (Lipinski definition) is 6. The molecular weight excluding hydrogens is 502 g/mol. The maximum Gasteiger partial charge on any atom is 0.413 e. The quantitative estimate of drug-likeness (QED) is 0.287. The fraction of sp³-hybridized carbons (Fsp3) is 0.406. The first-order valence-electron chi connectivity index (χ1n) is 14.0. The van der Waals surface area contributed by atoms with Crippen molar-refractivity contribution in [3.63, 3.8) is 0 Å². The SMILES string of the molecule is Cc1ccc(C(=O)Nc2ccc(NCCc3cccc(NC(=O)OC(C)(C)C)n3)cc2)c(N2CCC(C)CC2)c1. The Hall–Kier alpha value is -4.07. The number of piperidine rings is 1. The molecule has 2 heterocycles. The van der Waals surface area contributed by atoms with E-state index < -0.39 is 11.7 Å². The highest BCUT2D eigenvalue weighted by Gasteiger charge is 2.21. The van der Waals surface area contributed by atoms with Gasteiger partial charge in [0, 0.05) is 48.8 Å². The number of hydrogen-bond donors (Lipinski definition) is 3. The van der Waals surface area contributed by atoms with E-state index in [1.165, 1.54) is 0 Å². The molecule has 0 atom stereocenters. The second-order valence-electron chi connectivity index (χ2n) is 11.5. The lowest BCUT2D eigenvalue weighted by Crippen LogP contribution is -2.34. The van der Waals surface area contributed by atoms with Gasteiger partial charge in [-0.1, -0.05) is 19.1 Å². The summed E-state index contributed by atoms with van der Waals surface area (Å²) in [5.74, 6) is 1.09. The summed E-state index contributed by atoms with van der Waals surface area (Å²) >= 11 is 0. The molecule has 1 aliphatic rings. The Morgan fingerprint density at radius 2 is 1.68 bits per heavy atom. The molecule has 2 amide bonds. The van der Waals surface area contributed by atoms with E-state index in [2.05, 4.69) is 45.7 Å². The van der Waals surface area contributed by atoms with Crippen molar-refractivity contribution in [2.45, 2.75) is 59.5 Å². The van der Waals surface area contributed by atoms with Gasteiger partial charge in [0.1, 0.15) is 11.4 Å². The predicted octanol–water partition coefficient (Wildman–Crippen LogP) is 6.88. The molecule has 40 heavy (non-hydrogen) atoms. The number of aryl methyl sites for hydroxylation is 1. The molecule has 8 heteroatoms. The van der Waals surface area contributed by atoms with Crippen molar-refractivity contribution in [1.82, 2.24) is 4.98 Å². The number of pyridine rings is 1. The number of rotatable bonds is 8. The Morgan fingerprint density at radius 1 is 0.975 bits per heavy atom. The first-order chi connectivity index (χ1) is 19.1. The van der Waals surface area contributed by atoms with Gasteiger partial charge in [0.15, 0.2) is 0 Å². The number of anilines is 4. The molecule has 0 unspecified atom stereocenters. The standard InChI is InChI=1S/C32H41N5O3/c1-22-16-19-37(20-17-22)28-21-23(2)9-14-27(28)30(38)35-26-12-10-24(11-13-26)33-18-15-25-7-6-8-29(34-25)36-31(39)40-32(3,4)5/h6-14,21-22,33H,15-20H2,1-5H3,(H,35,38)(H,34,36,39). The van der Waals surface area contributed by atoms with E-state index in [4.69, 9.17) is 4.74 Å². The monoisotopic (exact) mass is 543 g/mol. The molecule has 0 saturated carbocycles. The van der Waals surface area contributed by atoms with Gasteiger partial charge in [-0.2, -0.15) is 0 Å². The summed E-state index contributed by atoms with van der Waals surface area (Å²) in [6.45, 7) is 12.4. The minimum atomic E-state index is -0.570. The predicted molar refractivity (Wildman–Crippen MR) is 162 cm³/mol. The molecule has 8 nitrogen and oxygen atoms in total. The van der Waals surface area contributed by atoms with Gasteiger partial charge < -0.3 is 20.3 Å². The minimum absolute atomic E-state index is 0.0970. The van der Waals surface area contributed by atoms with Crippen molar-refractivity contribution in [2.24, 2.45) is 5.92 Å². The van der Waals surface area contributed by atoms with Gasteiger partial charge in [-0.15, -0.1) is 0 Å². The smallest absolute Gasteiger partial charge is 0.413 e. The first-order valence-corrected chi connectivity index (χ1v) is 14.0. The number of nitrogens with one attached hydrogen (secondary N) is 3. The number of amides is 2. The average molecular weight is 544 g/mol. The van der Waals surface area contributed by atoms with E-state index in [1.807, 2.05) is 69.3 Å². The van der Waals surface area contributed by atoms with Crippen molar-refractivity contribution < 1.29 is 14.3 Å². The first kappa shape index (κ1) is 28.9. The Morgan fingerprint density at radius 3 is 2.38 bits per heavy atom. The van der Waals surface area contributed by atoms with E-state index in [0.717, 1.165) is 60.2 Å². The number of nitrogens with zero attached hydrogens (tertiary/aromatic N) is 2. The van der Waals surface area contributed by atoms with Gasteiger partial charge in [-0.3, -0.25) is 10.1 Å². The van der Waals surface area contributed by atoms with E-state index in [9.17, 15) is 9.59 Å². The van der Waals surface area contributed by atoms with Gasteiger partial charge in [-0.05, 0) is 101 Å². The molecule has 2 aromatic carbocycles. The molecule has 4 rings (SSSR count). The van der Waals surface area contributed by atoms with Crippen LogP contribution in [0.5, 0.6) is 0 Å². The van der Waals surface area contributed by atoms with Crippen LogP contribution in [0, 0.1) is 12.8 Å². The second-order valence-corrected chi connectivity index (χ2v) is 11.5. The summed E-state index contributed by atoms with van der Waals surface area (Å²) in [5, 5.41) is 9.13. The molecule has 3 N–H and O–H groups in total. The summed E-state index contributed by atoms with van der Waals surface area (Å²) in [6, 6.07) is 19.3. The number of benzene rings is 2. The summed E-state index contributed by atoms with van der Waals surface area (Å²) < 4.78 is 5.29. The molecule has 0 aliphatic carbocycles. The van der Waals surface area contributed by atoms with E-state index in [0.29, 0.717) is 24.3 Å². The molecule has 0 spiro atoms. The van der Waals surface area contributed by atoms with Crippen LogP contribution in [-0.4, -0.2) is 42.2 Å². The molecule has 3 aromatic rings. The number of ether oxygens (including phenoxy) is 1. The van der Waals surface area contributed by atoms with Crippen LogP contribution in [0.3, 0.4) is 0 Å². The molecular formula is C32H41N5O3. The van der Waals surface area contributed by atoms with Crippen molar-refractivity contribution in [2.75, 3.05) is 40.5 Å². The van der Waals surface area contributed by atoms with Crippen LogP contribution in [0.25, 0.3) is 0 Å². The van der Waals surface area contributed by atoms with Crippen LogP contribution in [-0.2, 0) is 11.2 Å². The zero-order chi connectivity index (χ0) is 28.7. The lowest BCUT2D eigenvalue weighted by atomic mass is 9.97. The third-order valence-corrected chi connectivity index (χ3v) is 6.81. The molecule has 1 saturated heterocycles. The Labute approximate surface area is 237 Å². The average Bonchev–Trinajstić information content (AvgIpc) is 2.89. The van der Waals surface area contributed by atoms with Crippen LogP contribution < -0.4 is 20.9 Å². The third kappa shape index (κ3) is 8.46. The Balaban J connectivity index is 1.30. The summed E-state index contributed by atoms with van der Waals surface area (Å²) in [5.41, 5.74) is 4.85. The van der Waals surface area contributed by atoms with Crippen LogP contribution >= 0.6 is 0 Å². The second kappa shape index (κ2) is 12.9. The zero-order valence-corrected chi connectivity index (χ0v) is 24.2. The third-order valence-electron chi connectivity index (χ3n) is 6.81. The molecule has 1 aromatic heterocycles. The van der Waals surface area contributed by atoms with Crippen molar-refractivity contribution in [3.8, 4) is 0 Å². The van der Waals surface area contributed by atoms with Gasteiger partial charge in [0.05, 0.1) is 5.56 Å². The highest BCUT2D eigenvalue weighted by molar-refractivity contribution is 6.08. The van der Waals surface area contributed by atoms with Gasteiger partial charge in [0.25, 0.3) is 5.91 Å². The molecule has 0 radical (unpaired) electrons. The fourth-order valence-electron chi connectivity index (χ4n) is 4.65. The lowest BCUT2D eigenvalue weighted by molar-refractivity contribution is 0.0635. The Kier molecular flexibility index (Phi) is 9.30. The summed E-state index contributed by atoms with van der Waals surface area (Å²) in [7, 11) is 0. The van der Waals surface area contributed by atoms with Crippen molar-refractivity contribution >= 4 is 34.9 Å². The minimum Gasteiger partial charge on any atom is -0.444 e. The highest BCUT2D eigenvalue weighted by atomic mass is 16.6. The summed E-state index contributed by atoms with van der Waals surface area (Å²) in [6.07, 6.45) is 2.44. The normalized spacial score (nSPS) is 14.0. The summed E-state index contributed by atoms with van der Waals surface area (Å²) in [4.78, 5) is 32.1. The van der Waals surface area contributed by atoms with Gasteiger partial charge in [0.2, 0.25) is 0 Å². The molecule has 0 bridgehead atoms. The van der Waals surface area contributed by atoms with Crippen LogP contribution in [0.15, 0.2) is 60.7 Å². The molecule has 212 valence electrons. The largest absolute Gasteiger partial charge is 0.444 e.